The van der Waals surface area contributed by atoms with Gasteiger partial charge in [-0.05, 0) is 50.6 Å². The van der Waals surface area contributed by atoms with Crippen molar-refractivity contribution in [3.63, 3.8) is 0 Å². The molecule has 4 heteroatoms. The van der Waals surface area contributed by atoms with Crippen LogP contribution in [0, 0.1) is 0 Å². The lowest BCUT2D eigenvalue weighted by molar-refractivity contribution is -0.148. The van der Waals surface area contributed by atoms with Gasteiger partial charge >= 0.3 is 5.97 Å². The van der Waals surface area contributed by atoms with Crippen LogP contribution in [0.1, 0.15) is 26.3 Å². The third kappa shape index (κ3) is 4.92. The summed E-state index contributed by atoms with van der Waals surface area (Å²) >= 11 is 3.41. The molecule has 0 radical (unpaired) electrons. The number of hydrogen-bond acceptors (Lipinski definition) is 3. The van der Waals surface area contributed by atoms with Gasteiger partial charge in [0.2, 0.25) is 0 Å². The number of hydrogen-bond donors (Lipinski definition) is 0. The van der Waals surface area contributed by atoms with Crippen LogP contribution in [0.5, 0.6) is 5.75 Å². The van der Waals surface area contributed by atoms with Gasteiger partial charge in [-0.1, -0.05) is 15.9 Å². The minimum Gasteiger partial charge on any atom is -0.497 e. The van der Waals surface area contributed by atoms with Crippen molar-refractivity contribution < 1.29 is 14.3 Å². The summed E-state index contributed by atoms with van der Waals surface area (Å²) in [6.45, 7) is 5.50. The van der Waals surface area contributed by atoms with E-state index in [1.165, 1.54) is 6.08 Å². The van der Waals surface area contributed by atoms with E-state index in [-0.39, 0.29) is 5.97 Å². The summed E-state index contributed by atoms with van der Waals surface area (Å²) in [5.74, 6) is 0.374. The molecule has 0 aliphatic heterocycles. The summed E-state index contributed by atoms with van der Waals surface area (Å²) in [6.07, 6.45) is 3.10. The Kier molecular flexibility index (Phi) is 4.96. The van der Waals surface area contributed by atoms with E-state index in [1.54, 1.807) is 13.2 Å². The highest BCUT2D eigenvalue weighted by atomic mass is 79.9. The number of carbonyl (C=O) groups excluding carboxylic acids is 1. The fourth-order valence-electron chi connectivity index (χ4n) is 1.27. The van der Waals surface area contributed by atoms with E-state index in [9.17, 15) is 4.79 Å². The molecule has 0 heterocycles. The normalized spacial score (nSPS) is 11.6. The van der Waals surface area contributed by atoms with E-state index in [4.69, 9.17) is 9.47 Å². The molecule has 0 unspecified atom stereocenters. The van der Waals surface area contributed by atoms with Crippen LogP contribution in [-0.4, -0.2) is 18.7 Å². The van der Waals surface area contributed by atoms with Crippen molar-refractivity contribution in [3.05, 3.63) is 34.3 Å². The van der Waals surface area contributed by atoms with Crippen LogP contribution in [0.2, 0.25) is 0 Å². The van der Waals surface area contributed by atoms with E-state index in [0.29, 0.717) is 0 Å². The van der Waals surface area contributed by atoms with E-state index in [2.05, 4.69) is 15.9 Å². The molecule has 0 N–H and O–H groups in total. The molecule has 1 aromatic rings. The Morgan fingerprint density at radius 3 is 2.56 bits per heavy atom. The van der Waals surface area contributed by atoms with Gasteiger partial charge in [-0.15, -0.1) is 0 Å². The maximum absolute atomic E-state index is 11.5. The van der Waals surface area contributed by atoms with Gasteiger partial charge in [0, 0.05) is 10.5 Å². The summed E-state index contributed by atoms with van der Waals surface area (Å²) < 4.78 is 11.2. The fraction of sp³-hybridized carbons (Fsp3) is 0.357. The number of benzene rings is 1. The Balaban J connectivity index is 2.81. The maximum atomic E-state index is 11.5. The third-order valence-electron chi connectivity index (χ3n) is 2.01. The Morgan fingerprint density at radius 1 is 1.33 bits per heavy atom. The molecule has 0 bridgehead atoms. The zero-order chi connectivity index (χ0) is 13.8. The molecule has 0 fully saturated rings. The smallest absolute Gasteiger partial charge is 0.331 e. The minimum atomic E-state index is -0.479. The van der Waals surface area contributed by atoms with Crippen molar-refractivity contribution in [2.75, 3.05) is 7.11 Å². The van der Waals surface area contributed by atoms with Crippen LogP contribution in [0.25, 0.3) is 6.08 Å². The molecule has 0 aliphatic carbocycles. The fourth-order valence-corrected chi connectivity index (χ4v) is 1.65. The number of methoxy groups -OCH3 is 1. The van der Waals surface area contributed by atoms with Crippen molar-refractivity contribution in [2.45, 2.75) is 26.4 Å². The van der Waals surface area contributed by atoms with E-state index in [1.807, 2.05) is 39.0 Å². The first kappa shape index (κ1) is 14.8. The molecular formula is C14H17BrO3. The number of halogens is 1. The largest absolute Gasteiger partial charge is 0.497 e. The summed E-state index contributed by atoms with van der Waals surface area (Å²) in [5.41, 5.74) is 0.382. The van der Waals surface area contributed by atoms with Crippen LogP contribution in [0.15, 0.2) is 28.7 Å². The van der Waals surface area contributed by atoms with Crippen LogP contribution < -0.4 is 4.74 Å². The van der Waals surface area contributed by atoms with Gasteiger partial charge in [0.15, 0.2) is 0 Å². The van der Waals surface area contributed by atoms with Crippen molar-refractivity contribution in [2.24, 2.45) is 0 Å². The molecule has 98 valence electrons. The van der Waals surface area contributed by atoms with Crippen LogP contribution >= 0.6 is 15.9 Å². The third-order valence-corrected chi connectivity index (χ3v) is 2.73. The molecule has 0 atom stereocenters. The second-order valence-corrected chi connectivity index (χ2v) is 5.61. The Bertz CT molecular complexity index is 459. The van der Waals surface area contributed by atoms with Crippen molar-refractivity contribution >= 4 is 28.0 Å². The highest BCUT2D eigenvalue weighted by Crippen LogP contribution is 2.23. The number of rotatable bonds is 3. The molecule has 0 aromatic heterocycles. The Morgan fingerprint density at radius 2 is 2.00 bits per heavy atom. The summed E-state index contributed by atoms with van der Waals surface area (Å²) in [7, 11) is 1.60. The van der Waals surface area contributed by atoms with Crippen molar-refractivity contribution in [1.82, 2.24) is 0 Å². The van der Waals surface area contributed by atoms with Crippen LogP contribution in [0.3, 0.4) is 0 Å². The van der Waals surface area contributed by atoms with Crippen LogP contribution in [0.4, 0.5) is 0 Å². The van der Waals surface area contributed by atoms with E-state index < -0.39 is 5.60 Å². The zero-order valence-electron chi connectivity index (χ0n) is 11.0. The van der Waals surface area contributed by atoms with Gasteiger partial charge in [0.1, 0.15) is 11.4 Å². The SMILES string of the molecule is COc1ccc(Br)c(/C=C/C(=O)OC(C)(C)C)c1. The van der Waals surface area contributed by atoms with E-state index in [0.717, 1.165) is 15.8 Å². The second kappa shape index (κ2) is 6.05. The maximum Gasteiger partial charge on any atom is 0.331 e. The number of esters is 1. The molecule has 18 heavy (non-hydrogen) atoms. The molecule has 0 saturated heterocycles. The zero-order valence-corrected chi connectivity index (χ0v) is 12.6. The van der Waals surface area contributed by atoms with Crippen molar-refractivity contribution in [1.29, 1.82) is 0 Å². The molecule has 0 amide bonds. The van der Waals surface area contributed by atoms with Gasteiger partial charge in [0.25, 0.3) is 0 Å². The summed E-state index contributed by atoms with van der Waals surface area (Å²) in [5, 5.41) is 0. The second-order valence-electron chi connectivity index (χ2n) is 4.75. The average Bonchev–Trinajstić information content (AvgIpc) is 2.25. The van der Waals surface area contributed by atoms with Gasteiger partial charge in [-0.25, -0.2) is 4.79 Å². The lowest BCUT2D eigenvalue weighted by atomic mass is 10.2. The van der Waals surface area contributed by atoms with Crippen LogP contribution in [-0.2, 0) is 9.53 Å². The molecule has 1 rings (SSSR count). The highest BCUT2D eigenvalue weighted by molar-refractivity contribution is 9.10. The van der Waals surface area contributed by atoms with Gasteiger partial charge < -0.3 is 9.47 Å². The van der Waals surface area contributed by atoms with Gasteiger partial charge in [-0.3, -0.25) is 0 Å². The molecule has 0 spiro atoms. The first-order valence-corrected chi connectivity index (χ1v) is 6.36. The molecular weight excluding hydrogens is 296 g/mol. The van der Waals surface area contributed by atoms with Gasteiger partial charge in [-0.2, -0.15) is 0 Å². The Hall–Kier alpha value is -1.29. The lowest BCUT2D eigenvalue weighted by Gasteiger charge is -2.17. The Labute approximate surface area is 116 Å². The number of ether oxygens (including phenoxy) is 2. The summed E-state index contributed by atoms with van der Waals surface area (Å²) in [6, 6.07) is 5.55. The quantitative estimate of drug-likeness (QED) is 0.629. The molecule has 1 aromatic carbocycles. The molecule has 3 nitrogen and oxygen atoms in total. The van der Waals surface area contributed by atoms with Gasteiger partial charge in [0.05, 0.1) is 7.11 Å². The molecule has 0 saturated carbocycles. The highest BCUT2D eigenvalue weighted by Gasteiger charge is 2.13. The standard InChI is InChI=1S/C14H17BrO3/c1-14(2,3)18-13(16)8-5-10-9-11(17-4)6-7-12(10)15/h5-9H,1-4H3/b8-5+. The molecule has 0 aliphatic rings. The lowest BCUT2D eigenvalue weighted by Crippen LogP contribution is -2.22. The van der Waals surface area contributed by atoms with E-state index >= 15 is 0 Å². The average molecular weight is 313 g/mol. The predicted octanol–water partition coefficient (Wildman–Crippen LogP) is 3.81. The number of carbonyl (C=O) groups is 1. The van der Waals surface area contributed by atoms with Crippen molar-refractivity contribution in [3.8, 4) is 5.75 Å². The predicted molar refractivity (Wildman–Crippen MR) is 75.6 cm³/mol. The monoisotopic (exact) mass is 312 g/mol. The summed E-state index contributed by atoms with van der Waals surface area (Å²) in [4.78, 5) is 11.5. The first-order valence-electron chi connectivity index (χ1n) is 5.56. The first-order chi connectivity index (χ1) is 8.31. The minimum absolute atomic E-state index is 0.364. The topological polar surface area (TPSA) is 35.5 Å².